The summed E-state index contributed by atoms with van der Waals surface area (Å²) < 4.78 is 4.97. The van der Waals surface area contributed by atoms with Crippen LogP contribution in [0.5, 0.6) is 0 Å². The SMILES string of the molecule is Cc1nccc(CNCc2nc(C)no2)n1. The monoisotopic (exact) mass is 219 g/mol. The minimum absolute atomic E-state index is 0.546. The molecule has 0 saturated heterocycles. The van der Waals surface area contributed by atoms with E-state index in [0.29, 0.717) is 24.8 Å². The molecule has 0 spiro atoms. The lowest BCUT2D eigenvalue weighted by Crippen LogP contribution is -2.14. The van der Waals surface area contributed by atoms with E-state index in [2.05, 4.69) is 25.4 Å². The fourth-order valence-electron chi connectivity index (χ4n) is 1.31. The van der Waals surface area contributed by atoms with Crippen molar-refractivity contribution in [2.24, 2.45) is 0 Å². The fraction of sp³-hybridized carbons (Fsp3) is 0.400. The molecule has 0 unspecified atom stereocenters. The van der Waals surface area contributed by atoms with E-state index in [-0.39, 0.29) is 0 Å². The minimum Gasteiger partial charge on any atom is -0.338 e. The third kappa shape index (κ3) is 2.83. The maximum Gasteiger partial charge on any atom is 0.240 e. The van der Waals surface area contributed by atoms with Crippen LogP contribution in [-0.2, 0) is 13.1 Å². The average molecular weight is 219 g/mol. The van der Waals surface area contributed by atoms with E-state index in [1.807, 2.05) is 13.0 Å². The zero-order chi connectivity index (χ0) is 11.4. The third-order valence-electron chi connectivity index (χ3n) is 1.99. The molecule has 0 aromatic carbocycles. The van der Waals surface area contributed by atoms with Crippen molar-refractivity contribution in [1.82, 2.24) is 25.4 Å². The Labute approximate surface area is 93.1 Å². The smallest absolute Gasteiger partial charge is 0.240 e. The molecule has 2 aromatic heterocycles. The Morgan fingerprint density at radius 1 is 1.19 bits per heavy atom. The fourth-order valence-corrected chi connectivity index (χ4v) is 1.31. The van der Waals surface area contributed by atoms with Crippen molar-refractivity contribution in [2.75, 3.05) is 0 Å². The number of hydrogen-bond donors (Lipinski definition) is 1. The first-order valence-corrected chi connectivity index (χ1v) is 5.02. The van der Waals surface area contributed by atoms with Crippen LogP contribution >= 0.6 is 0 Å². The summed E-state index contributed by atoms with van der Waals surface area (Å²) >= 11 is 0. The number of aromatic nitrogens is 4. The van der Waals surface area contributed by atoms with Crippen LogP contribution in [0.25, 0.3) is 0 Å². The van der Waals surface area contributed by atoms with E-state index in [1.165, 1.54) is 0 Å². The summed E-state index contributed by atoms with van der Waals surface area (Å²) in [5.74, 6) is 2.01. The second-order valence-corrected chi connectivity index (χ2v) is 3.43. The molecular formula is C10H13N5O. The van der Waals surface area contributed by atoms with Gasteiger partial charge in [0.15, 0.2) is 5.82 Å². The minimum atomic E-state index is 0.546. The van der Waals surface area contributed by atoms with Crippen molar-refractivity contribution in [1.29, 1.82) is 0 Å². The molecule has 6 nitrogen and oxygen atoms in total. The zero-order valence-corrected chi connectivity index (χ0v) is 9.27. The van der Waals surface area contributed by atoms with Gasteiger partial charge < -0.3 is 9.84 Å². The van der Waals surface area contributed by atoms with Crippen molar-refractivity contribution in [3.8, 4) is 0 Å². The average Bonchev–Trinajstić information content (AvgIpc) is 2.64. The van der Waals surface area contributed by atoms with Crippen molar-refractivity contribution in [2.45, 2.75) is 26.9 Å². The summed E-state index contributed by atoms with van der Waals surface area (Å²) in [7, 11) is 0. The van der Waals surface area contributed by atoms with Gasteiger partial charge in [0.2, 0.25) is 5.89 Å². The molecular weight excluding hydrogens is 206 g/mol. The molecule has 0 aliphatic carbocycles. The lowest BCUT2D eigenvalue weighted by Gasteiger charge is -2.01. The van der Waals surface area contributed by atoms with E-state index in [1.54, 1.807) is 13.1 Å². The van der Waals surface area contributed by atoms with Crippen LogP contribution in [-0.4, -0.2) is 20.1 Å². The second kappa shape index (κ2) is 4.80. The molecule has 6 heteroatoms. The number of nitrogens with one attached hydrogen (secondary N) is 1. The third-order valence-corrected chi connectivity index (χ3v) is 1.99. The molecule has 0 atom stereocenters. The standard InChI is InChI=1S/C10H13N5O/c1-7-12-4-3-9(13-7)5-11-6-10-14-8(2)15-16-10/h3-4,11H,5-6H2,1-2H3. The maximum atomic E-state index is 4.97. The molecule has 2 heterocycles. The molecule has 0 aliphatic rings. The highest BCUT2D eigenvalue weighted by Gasteiger charge is 2.02. The predicted molar refractivity (Wildman–Crippen MR) is 56.3 cm³/mol. The molecule has 2 rings (SSSR count). The van der Waals surface area contributed by atoms with E-state index in [9.17, 15) is 0 Å². The van der Waals surface area contributed by atoms with E-state index in [0.717, 1.165) is 11.5 Å². The summed E-state index contributed by atoms with van der Waals surface area (Å²) in [6, 6.07) is 1.87. The van der Waals surface area contributed by atoms with Crippen LogP contribution in [0.4, 0.5) is 0 Å². The number of hydrogen-bond acceptors (Lipinski definition) is 6. The van der Waals surface area contributed by atoms with Gasteiger partial charge >= 0.3 is 0 Å². The van der Waals surface area contributed by atoms with Crippen LogP contribution in [0, 0.1) is 13.8 Å². The summed E-state index contributed by atoms with van der Waals surface area (Å²) in [5, 5.41) is 6.88. The number of aryl methyl sites for hydroxylation is 2. The number of rotatable bonds is 4. The molecule has 0 aliphatic heterocycles. The lowest BCUT2D eigenvalue weighted by atomic mass is 10.4. The van der Waals surface area contributed by atoms with Crippen molar-refractivity contribution < 1.29 is 4.52 Å². The van der Waals surface area contributed by atoms with Crippen molar-refractivity contribution >= 4 is 0 Å². The van der Waals surface area contributed by atoms with Gasteiger partial charge in [-0.15, -0.1) is 0 Å². The van der Waals surface area contributed by atoms with Gasteiger partial charge in [-0.3, -0.25) is 0 Å². The Morgan fingerprint density at radius 2 is 2.06 bits per heavy atom. The van der Waals surface area contributed by atoms with Crippen LogP contribution in [0.15, 0.2) is 16.8 Å². The Hall–Kier alpha value is -1.82. The van der Waals surface area contributed by atoms with E-state index >= 15 is 0 Å². The van der Waals surface area contributed by atoms with Gasteiger partial charge in [0, 0.05) is 12.7 Å². The highest BCUT2D eigenvalue weighted by atomic mass is 16.5. The van der Waals surface area contributed by atoms with E-state index in [4.69, 9.17) is 4.52 Å². The highest BCUT2D eigenvalue weighted by Crippen LogP contribution is 1.97. The van der Waals surface area contributed by atoms with Gasteiger partial charge in [-0.1, -0.05) is 5.16 Å². The van der Waals surface area contributed by atoms with Gasteiger partial charge in [-0.2, -0.15) is 4.98 Å². The normalized spacial score (nSPS) is 10.6. The first-order valence-electron chi connectivity index (χ1n) is 5.02. The zero-order valence-electron chi connectivity index (χ0n) is 9.27. The largest absolute Gasteiger partial charge is 0.338 e. The van der Waals surface area contributed by atoms with Gasteiger partial charge in [0.1, 0.15) is 5.82 Å². The summed E-state index contributed by atoms with van der Waals surface area (Å²) in [6.45, 7) is 4.86. The predicted octanol–water partition coefficient (Wildman–Crippen LogP) is 0.766. The van der Waals surface area contributed by atoms with E-state index < -0.39 is 0 Å². The number of nitrogens with zero attached hydrogens (tertiary/aromatic N) is 4. The Bertz CT molecular complexity index is 468. The lowest BCUT2D eigenvalue weighted by molar-refractivity contribution is 0.363. The van der Waals surface area contributed by atoms with Crippen molar-refractivity contribution in [3.63, 3.8) is 0 Å². The first-order chi connectivity index (χ1) is 7.74. The highest BCUT2D eigenvalue weighted by molar-refractivity contribution is 5.01. The quantitative estimate of drug-likeness (QED) is 0.818. The maximum absolute atomic E-state index is 4.97. The molecule has 0 bridgehead atoms. The van der Waals surface area contributed by atoms with Gasteiger partial charge in [-0.25, -0.2) is 9.97 Å². The molecule has 2 aromatic rings. The Morgan fingerprint density at radius 3 is 2.75 bits per heavy atom. The summed E-state index contributed by atoms with van der Waals surface area (Å²) in [6.07, 6.45) is 1.75. The van der Waals surface area contributed by atoms with Crippen LogP contribution in [0.2, 0.25) is 0 Å². The molecule has 1 N–H and O–H groups in total. The first kappa shape index (κ1) is 10.7. The van der Waals surface area contributed by atoms with Gasteiger partial charge in [0.25, 0.3) is 0 Å². The second-order valence-electron chi connectivity index (χ2n) is 3.43. The molecule has 0 fully saturated rings. The van der Waals surface area contributed by atoms with Crippen LogP contribution in [0.3, 0.4) is 0 Å². The molecule has 0 amide bonds. The van der Waals surface area contributed by atoms with Crippen molar-refractivity contribution in [3.05, 3.63) is 35.5 Å². The van der Waals surface area contributed by atoms with Gasteiger partial charge in [-0.05, 0) is 19.9 Å². The Balaban J connectivity index is 1.84. The van der Waals surface area contributed by atoms with Crippen LogP contribution in [0.1, 0.15) is 23.2 Å². The summed E-state index contributed by atoms with van der Waals surface area (Å²) in [5.41, 5.74) is 0.948. The molecule has 16 heavy (non-hydrogen) atoms. The van der Waals surface area contributed by atoms with Gasteiger partial charge in [0.05, 0.1) is 12.2 Å². The Kier molecular flexibility index (Phi) is 3.21. The molecule has 0 saturated carbocycles. The molecule has 84 valence electrons. The topological polar surface area (TPSA) is 76.7 Å². The van der Waals surface area contributed by atoms with Crippen LogP contribution < -0.4 is 5.32 Å². The molecule has 0 radical (unpaired) electrons. The summed E-state index contributed by atoms with van der Waals surface area (Å²) in [4.78, 5) is 12.4.